The van der Waals surface area contributed by atoms with Gasteiger partial charge in [0.2, 0.25) is 0 Å². The van der Waals surface area contributed by atoms with Gasteiger partial charge in [-0.1, -0.05) is 12.1 Å². The molecule has 2 aromatic rings. The van der Waals surface area contributed by atoms with E-state index in [9.17, 15) is 25.3 Å². The van der Waals surface area contributed by atoms with Crippen molar-refractivity contribution in [2.75, 3.05) is 0 Å². The molecule has 0 fully saturated rings. The molecule has 1 heterocycles. The van der Waals surface area contributed by atoms with Crippen LogP contribution in [0.1, 0.15) is 17.5 Å². The molecule has 21 heavy (non-hydrogen) atoms. The molecule has 9 heteroatoms. The van der Waals surface area contributed by atoms with Crippen LogP contribution in [0.3, 0.4) is 0 Å². The monoisotopic (exact) mass is 292 g/mol. The maximum Gasteiger partial charge on any atom is 0.342 e. The predicted octanol–water partition coefficient (Wildman–Crippen LogP) is 1.74. The summed E-state index contributed by atoms with van der Waals surface area (Å²) in [6.45, 7) is 1.47. The molecule has 0 saturated carbocycles. The van der Waals surface area contributed by atoms with E-state index in [1.54, 1.807) is 6.92 Å². The molecule has 1 unspecified atom stereocenters. The van der Waals surface area contributed by atoms with Gasteiger partial charge in [-0.25, -0.2) is 9.55 Å². The highest BCUT2D eigenvalue weighted by Gasteiger charge is 2.22. The number of nitro groups is 2. The first-order chi connectivity index (χ1) is 9.90. The van der Waals surface area contributed by atoms with E-state index in [-0.39, 0.29) is 18.1 Å². The molecular weight excluding hydrogens is 280 g/mol. The Morgan fingerprint density at radius 2 is 2.05 bits per heavy atom. The summed E-state index contributed by atoms with van der Waals surface area (Å²) in [4.78, 5) is 24.2. The SMILES string of the molecule is Cc1ncc([N+](=O)[O-])n1CC(O)c1cccc([N+](=O)[O-])c1. The first-order valence-electron chi connectivity index (χ1n) is 5.99. The minimum Gasteiger partial charge on any atom is -0.384 e. The van der Waals surface area contributed by atoms with Crippen LogP contribution in [-0.4, -0.2) is 24.5 Å². The zero-order valence-electron chi connectivity index (χ0n) is 11.0. The van der Waals surface area contributed by atoms with E-state index in [1.807, 2.05) is 0 Å². The quantitative estimate of drug-likeness (QED) is 0.661. The maximum absolute atomic E-state index is 10.9. The van der Waals surface area contributed by atoms with E-state index in [0.29, 0.717) is 11.4 Å². The van der Waals surface area contributed by atoms with Crippen LogP contribution in [0.4, 0.5) is 11.5 Å². The van der Waals surface area contributed by atoms with Gasteiger partial charge in [-0.2, -0.15) is 0 Å². The lowest BCUT2D eigenvalue weighted by molar-refractivity contribution is -0.392. The summed E-state index contributed by atoms with van der Waals surface area (Å²) >= 11 is 0. The molecule has 1 aromatic heterocycles. The zero-order valence-corrected chi connectivity index (χ0v) is 11.0. The van der Waals surface area contributed by atoms with Crippen molar-refractivity contribution in [3.8, 4) is 0 Å². The molecule has 0 saturated heterocycles. The van der Waals surface area contributed by atoms with Crippen molar-refractivity contribution < 1.29 is 15.0 Å². The Morgan fingerprint density at radius 1 is 1.33 bits per heavy atom. The number of rotatable bonds is 5. The topological polar surface area (TPSA) is 124 Å². The Bertz CT molecular complexity index is 697. The van der Waals surface area contributed by atoms with Gasteiger partial charge in [0.05, 0.1) is 4.92 Å². The number of aliphatic hydroxyl groups excluding tert-OH is 1. The van der Waals surface area contributed by atoms with E-state index in [1.165, 1.54) is 28.8 Å². The van der Waals surface area contributed by atoms with Crippen LogP contribution in [0, 0.1) is 27.2 Å². The van der Waals surface area contributed by atoms with Crippen LogP contribution in [0.25, 0.3) is 0 Å². The number of aliphatic hydroxyl groups is 1. The molecule has 0 aliphatic rings. The third-order valence-corrected chi connectivity index (χ3v) is 3.04. The van der Waals surface area contributed by atoms with Crippen LogP contribution in [0.5, 0.6) is 0 Å². The van der Waals surface area contributed by atoms with Gasteiger partial charge >= 0.3 is 5.82 Å². The molecule has 110 valence electrons. The standard InChI is InChI=1S/C12H12N4O5/c1-8-13-6-12(16(20)21)14(8)7-11(17)9-3-2-4-10(5-9)15(18)19/h2-6,11,17H,7H2,1H3. The lowest BCUT2D eigenvalue weighted by atomic mass is 10.1. The summed E-state index contributed by atoms with van der Waals surface area (Å²) in [5.74, 6) is 0.142. The number of nitro benzene ring substituents is 1. The first-order valence-corrected chi connectivity index (χ1v) is 5.99. The molecular formula is C12H12N4O5. The highest BCUT2D eigenvalue weighted by atomic mass is 16.6. The van der Waals surface area contributed by atoms with Crippen molar-refractivity contribution in [1.29, 1.82) is 0 Å². The van der Waals surface area contributed by atoms with Gasteiger partial charge in [0, 0.05) is 19.1 Å². The van der Waals surface area contributed by atoms with Crippen molar-refractivity contribution in [3.05, 3.63) is 62.1 Å². The van der Waals surface area contributed by atoms with Gasteiger partial charge in [0.25, 0.3) is 5.69 Å². The van der Waals surface area contributed by atoms with E-state index in [2.05, 4.69) is 4.98 Å². The Labute approximate surface area is 118 Å². The molecule has 0 spiro atoms. The van der Waals surface area contributed by atoms with Crippen LogP contribution >= 0.6 is 0 Å². The first kappa shape index (κ1) is 14.6. The average molecular weight is 292 g/mol. The molecule has 1 atom stereocenters. The van der Waals surface area contributed by atoms with Gasteiger partial charge in [0.1, 0.15) is 18.8 Å². The van der Waals surface area contributed by atoms with Crippen LogP contribution in [-0.2, 0) is 6.54 Å². The van der Waals surface area contributed by atoms with Gasteiger partial charge in [-0.3, -0.25) is 10.1 Å². The maximum atomic E-state index is 10.9. The summed E-state index contributed by atoms with van der Waals surface area (Å²) in [5, 5.41) is 31.7. The number of hydrogen-bond acceptors (Lipinski definition) is 6. The van der Waals surface area contributed by atoms with Crippen LogP contribution < -0.4 is 0 Å². The Morgan fingerprint density at radius 3 is 2.67 bits per heavy atom. The summed E-state index contributed by atoms with van der Waals surface area (Å²) in [7, 11) is 0. The lowest BCUT2D eigenvalue weighted by Crippen LogP contribution is -2.12. The number of nitrogens with zero attached hydrogens (tertiary/aromatic N) is 4. The fourth-order valence-electron chi connectivity index (χ4n) is 1.95. The molecule has 0 amide bonds. The third-order valence-electron chi connectivity index (χ3n) is 3.04. The summed E-state index contributed by atoms with van der Waals surface area (Å²) in [6.07, 6.45) is -0.00771. The minimum atomic E-state index is -1.11. The second kappa shape index (κ2) is 5.67. The molecule has 0 bridgehead atoms. The summed E-state index contributed by atoms with van der Waals surface area (Å²) in [6, 6.07) is 5.52. The molecule has 1 aromatic carbocycles. The Kier molecular flexibility index (Phi) is 3.94. The average Bonchev–Trinajstić information content (AvgIpc) is 2.80. The molecule has 0 aliphatic carbocycles. The van der Waals surface area contributed by atoms with E-state index in [4.69, 9.17) is 0 Å². The number of hydrogen-bond donors (Lipinski definition) is 1. The second-order valence-electron chi connectivity index (χ2n) is 4.40. The van der Waals surface area contributed by atoms with Gasteiger partial charge in [-0.05, 0) is 10.5 Å². The van der Waals surface area contributed by atoms with Crippen molar-refractivity contribution in [1.82, 2.24) is 9.55 Å². The summed E-state index contributed by atoms with van der Waals surface area (Å²) in [5.41, 5.74) is 0.162. The van der Waals surface area contributed by atoms with Gasteiger partial charge < -0.3 is 15.2 Å². The van der Waals surface area contributed by atoms with Crippen LogP contribution in [0.15, 0.2) is 30.5 Å². The molecule has 2 rings (SSSR count). The number of aromatic nitrogens is 2. The molecule has 1 N–H and O–H groups in total. The second-order valence-corrected chi connectivity index (χ2v) is 4.40. The Hall–Kier alpha value is -2.81. The zero-order chi connectivity index (χ0) is 15.6. The lowest BCUT2D eigenvalue weighted by Gasteiger charge is -2.10. The highest BCUT2D eigenvalue weighted by Crippen LogP contribution is 2.23. The Balaban J connectivity index is 2.28. The number of imidazole rings is 1. The number of non-ortho nitro benzene ring substituents is 1. The van der Waals surface area contributed by atoms with Gasteiger partial charge in [0.15, 0.2) is 5.82 Å². The third kappa shape index (κ3) is 3.03. The van der Waals surface area contributed by atoms with Gasteiger partial charge in [-0.15, -0.1) is 0 Å². The molecule has 0 radical (unpaired) electrons. The van der Waals surface area contributed by atoms with Crippen molar-refractivity contribution in [2.24, 2.45) is 0 Å². The van der Waals surface area contributed by atoms with E-state index in [0.717, 1.165) is 6.20 Å². The fourth-order valence-corrected chi connectivity index (χ4v) is 1.95. The normalized spacial score (nSPS) is 12.1. The summed E-state index contributed by atoms with van der Waals surface area (Å²) < 4.78 is 1.25. The highest BCUT2D eigenvalue weighted by molar-refractivity contribution is 5.35. The molecule has 0 aliphatic heterocycles. The minimum absolute atomic E-state index is 0.108. The van der Waals surface area contributed by atoms with Crippen molar-refractivity contribution in [3.63, 3.8) is 0 Å². The smallest absolute Gasteiger partial charge is 0.342 e. The fraction of sp³-hybridized carbons (Fsp3) is 0.250. The van der Waals surface area contributed by atoms with Crippen LogP contribution in [0.2, 0.25) is 0 Å². The van der Waals surface area contributed by atoms with Crippen molar-refractivity contribution in [2.45, 2.75) is 19.6 Å². The predicted molar refractivity (Wildman–Crippen MR) is 71.7 cm³/mol. The van der Waals surface area contributed by atoms with E-state index >= 15 is 0 Å². The van der Waals surface area contributed by atoms with E-state index < -0.39 is 16.0 Å². The molecule has 9 nitrogen and oxygen atoms in total. The van der Waals surface area contributed by atoms with Crippen molar-refractivity contribution >= 4 is 11.5 Å². The number of benzene rings is 1. The largest absolute Gasteiger partial charge is 0.384 e. The number of aryl methyl sites for hydroxylation is 1.